The summed E-state index contributed by atoms with van der Waals surface area (Å²) in [7, 11) is 0. The first-order valence-electron chi connectivity index (χ1n) is 6.42. The lowest BCUT2D eigenvalue weighted by Crippen LogP contribution is -2.10. The van der Waals surface area contributed by atoms with Crippen molar-refractivity contribution in [2.24, 2.45) is 0 Å². The van der Waals surface area contributed by atoms with Crippen LogP contribution >= 0.6 is 11.6 Å². The van der Waals surface area contributed by atoms with Crippen LogP contribution in [0.4, 0.5) is 5.69 Å². The Labute approximate surface area is 120 Å². The maximum Gasteiger partial charge on any atom is 0.332 e. The molecule has 6 heteroatoms. The van der Waals surface area contributed by atoms with Crippen molar-refractivity contribution in [1.82, 2.24) is 9.97 Å². The maximum absolute atomic E-state index is 11.2. The number of aromatic nitrogens is 2. The lowest BCUT2D eigenvalue weighted by molar-refractivity contribution is -0.384. The zero-order valence-electron chi connectivity index (χ0n) is 10.6. The predicted molar refractivity (Wildman–Crippen MR) is 75.7 cm³/mol. The van der Waals surface area contributed by atoms with E-state index in [2.05, 4.69) is 9.97 Å². The third-order valence-corrected chi connectivity index (χ3v) is 4.00. The quantitative estimate of drug-likeness (QED) is 0.487. The van der Waals surface area contributed by atoms with E-state index in [4.69, 9.17) is 11.6 Å². The molecule has 0 unspecified atom stereocenters. The Kier molecular flexibility index (Phi) is 3.36. The molecule has 5 nitrogen and oxygen atoms in total. The molecule has 0 saturated heterocycles. The average Bonchev–Trinajstić information content (AvgIpc) is 2.36. The van der Waals surface area contributed by atoms with E-state index in [0.29, 0.717) is 11.6 Å². The van der Waals surface area contributed by atoms with Crippen LogP contribution in [0, 0.1) is 10.1 Å². The summed E-state index contributed by atoms with van der Waals surface area (Å²) in [5.41, 5.74) is 1.98. The first-order chi connectivity index (χ1) is 9.68. The van der Waals surface area contributed by atoms with Gasteiger partial charge in [0.05, 0.1) is 4.92 Å². The van der Waals surface area contributed by atoms with Crippen molar-refractivity contribution in [3.8, 4) is 11.3 Å². The molecule has 0 atom stereocenters. The predicted octanol–water partition coefficient (Wildman–Crippen LogP) is 3.97. The fourth-order valence-electron chi connectivity index (χ4n) is 2.50. The average molecular weight is 290 g/mol. The molecular formula is C14H12ClN3O2. The smallest absolute Gasteiger partial charge is 0.258 e. The molecule has 1 aliphatic carbocycles. The lowest BCUT2D eigenvalue weighted by atomic mass is 9.77. The first kappa shape index (κ1) is 13.0. The molecule has 1 aromatic carbocycles. The number of hydrogen-bond donors (Lipinski definition) is 0. The van der Waals surface area contributed by atoms with E-state index in [1.165, 1.54) is 12.7 Å². The molecule has 1 fully saturated rings. The highest BCUT2D eigenvalue weighted by atomic mass is 35.5. The van der Waals surface area contributed by atoms with Gasteiger partial charge in [-0.15, -0.1) is 0 Å². The van der Waals surface area contributed by atoms with Crippen LogP contribution in [0.25, 0.3) is 11.3 Å². The highest BCUT2D eigenvalue weighted by molar-refractivity contribution is 6.31. The van der Waals surface area contributed by atoms with Crippen molar-refractivity contribution >= 4 is 17.3 Å². The summed E-state index contributed by atoms with van der Waals surface area (Å²) >= 11 is 5.86. The van der Waals surface area contributed by atoms with Crippen LogP contribution < -0.4 is 0 Å². The largest absolute Gasteiger partial charge is 0.332 e. The topological polar surface area (TPSA) is 68.9 Å². The van der Waals surface area contributed by atoms with Crippen LogP contribution in [-0.4, -0.2) is 14.9 Å². The third kappa shape index (κ3) is 2.14. The normalized spacial score (nSPS) is 14.8. The van der Waals surface area contributed by atoms with Crippen molar-refractivity contribution in [3.05, 3.63) is 51.4 Å². The van der Waals surface area contributed by atoms with Gasteiger partial charge in [-0.25, -0.2) is 9.97 Å². The molecule has 1 aliphatic rings. The van der Waals surface area contributed by atoms with Crippen molar-refractivity contribution in [1.29, 1.82) is 0 Å². The van der Waals surface area contributed by atoms with Gasteiger partial charge in [-0.2, -0.15) is 0 Å². The third-order valence-electron chi connectivity index (χ3n) is 3.72. The molecular weight excluding hydrogens is 278 g/mol. The van der Waals surface area contributed by atoms with E-state index in [1.54, 1.807) is 0 Å². The van der Waals surface area contributed by atoms with Crippen LogP contribution in [-0.2, 0) is 0 Å². The molecule has 3 rings (SSSR count). The summed E-state index contributed by atoms with van der Waals surface area (Å²) in [6.45, 7) is 0. The zero-order chi connectivity index (χ0) is 14.1. The van der Waals surface area contributed by atoms with E-state index in [-0.39, 0.29) is 10.8 Å². The lowest BCUT2D eigenvalue weighted by Gasteiger charge is -2.27. The minimum absolute atomic E-state index is 0.122. The summed E-state index contributed by atoms with van der Waals surface area (Å²) in [4.78, 5) is 18.5. The molecule has 0 amide bonds. The van der Waals surface area contributed by atoms with Crippen LogP contribution in [0.5, 0.6) is 0 Å². The molecule has 1 saturated carbocycles. The van der Waals surface area contributed by atoms with Crippen molar-refractivity contribution in [2.45, 2.75) is 25.2 Å². The zero-order valence-corrected chi connectivity index (χ0v) is 11.4. The maximum atomic E-state index is 11.2. The molecule has 0 bridgehead atoms. The second-order valence-corrected chi connectivity index (χ2v) is 5.19. The Balaban J connectivity index is 2.19. The van der Waals surface area contributed by atoms with Crippen molar-refractivity contribution in [3.63, 3.8) is 0 Å². The number of hydrogen-bond acceptors (Lipinski definition) is 4. The number of nitro groups is 1. The Morgan fingerprint density at radius 2 is 2.00 bits per heavy atom. The molecule has 2 aromatic rings. The number of halogens is 1. The van der Waals surface area contributed by atoms with Gasteiger partial charge in [0.15, 0.2) is 5.69 Å². The molecule has 20 heavy (non-hydrogen) atoms. The number of rotatable bonds is 3. The fourth-order valence-corrected chi connectivity index (χ4v) is 2.71. The number of nitrogens with zero attached hydrogens (tertiary/aromatic N) is 3. The minimum atomic E-state index is -0.519. The van der Waals surface area contributed by atoms with Crippen LogP contribution in [0.1, 0.15) is 30.7 Å². The molecule has 1 heterocycles. The van der Waals surface area contributed by atoms with E-state index >= 15 is 0 Å². The van der Waals surface area contributed by atoms with E-state index in [0.717, 1.165) is 24.0 Å². The molecule has 102 valence electrons. The van der Waals surface area contributed by atoms with Gasteiger partial charge < -0.3 is 0 Å². The fraction of sp³-hybridized carbons (Fsp3) is 0.286. The molecule has 1 aromatic heterocycles. The Bertz CT molecular complexity index is 671. The van der Waals surface area contributed by atoms with Crippen LogP contribution in [0.3, 0.4) is 0 Å². The monoisotopic (exact) mass is 289 g/mol. The number of benzene rings is 1. The standard InChI is InChI=1S/C14H12ClN3O2/c15-14-13(18(19)20)12(16-8-17-14)11-7-2-1-6-10(11)9-4-3-5-9/h1-2,6-9H,3-5H2. The summed E-state index contributed by atoms with van der Waals surface area (Å²) in [6.07, 6.45) is 4.70. The van der Waals surface area contributed by atoms with E-state index < -0.39 is 4.92 Å². The van der Waals surface area contributed by atoms with Crippen molar-refractivity contribution in [2.75, 3.05) is 0 Å². The van der Waals surface area contributed by atoms with Gasteiger partial charge in [-0.05, 0) is 24.3 Å². The summed E-state index contributed by atoms with van der Waals surface area (Å²) < 4.78 is 0. The summed E-state index contributed by atoms with van der Waals surface area (Å²) in [6, 6.07) is 7.68. The first-order valence-corrected chi connectivity index (χ1v) is 6.80. The highest BCUT2D eigenvalue weighted by Crippen LogP contribution is 2.43. The molecule has 0 radical (unpaired) electrons. The van der Waals surface area contributed by atoms with Crippen molar-refractivity contribution < 1.29 is 4.92 Å². The van der Waals surface area contributed by atoms with Gasteiger partial charge in [-0.3, -0.25) is 10.1 Å². The SMILES string of the molecule is O=[N+]([O-])c1c(Cl)ncnc1-c1ccccc1C1CCC1. The van der Waals surface area contributed by atoms with Gasteiger partial charge in [0.1, 0.15) is 6.33 Å². The van der Waals surface area contributed by atoms with Crippen LogP contribution in [0.15, 0.2) is 30.6 Å². The Morgan fingerprint density at radius 1 is 1.25 bits per heavy atom. The van der Waals surface area contributed by atoms with Gasteiger partial charge in [-0.1, -0.05) is 42.3 Å². The second kappa shape index (κ2) is 5.17. The van der Waals surface area contributed by atoms with Crippen LogP contribution in [0.2, 0.25) is 5.15 Å². The van der Waals surface area contributed by atoms with Gasteiger partial charge in [0, 0.05) is 5.56 Å². The minimum Gasteiger partial charge on any atom is -0.258 e. The Morgan fingerprint density at radius 3 is 2.65 bits per heavy atom. The van der Waals surface area contributed by atoms with E-state index in [1.807, 2.05) is 24.3 Å². The van der Waals surface area contributed by atoms with Gasteiger partial charge in [0.25, 0.3) is 0 Å². The second-order valence-electron chi connectivity index (χ2n) is 4.83. The summed E-state index contributed by atoms with van der Waals surface area (Å²) in [5, 5.41) is 11.1. The van der Waals surface area contributed by atoms with Gasteiger partial charge in [0.2, 0.25) is 5.15 Å². The Hall–Kier alpha value is -2.01. The molecule has 0 aliphatic heterocycles. The molecule has 0 N–H and O–H groups in total. The van der Waals surface area contributed by atoms with E-state index in [9.17, 15) is 10.1 Å². The molecule has 0 spiro atoms. The summed E-state index contributed by atoms with van der Waals surface area (Å²) in [5.74, 6) is 0.458. The highest BCUT2D eigenvalue weighted by Gasteiger charge is 2.28. The van der Waals surface area contributed by atoms with Gasteiger partial charge >= 0.3 is 5.69 Å².